The fraction of sp³-hybridized carbons (Fsp3) is 0. The summed E-state index contributed by atoms with van der Waals surface area (Å²) in [4.78, 5) is 0. The van der Waals surface area contributed by atoms with Gasteiger partial charge in [-0.25, -0.2) is 0 Å². The summed E-state index contributed by atoms with van der Waals surface area (Å²) in [5.41, 5.74) is 8.89. The Balaban J connectivity index is 1.34. The molecule has 0 fully saturated rings. The maximum absolute atomic E-state index is 6.65. The van der Waals surface area contributed by atoms with E-state index in [-0.39, 0.29) is 0 Å². The molecule has 3 nitrogen and oxygen atoms in total. The van der Waals surface area contributed by atoms with Crippen LogP contribution in [0.3, 0.4) is 0 Å². The number of rotatable bonds is 2. The third-order valence-electron chi connectivity index (χ3n) is 9.70. The number of aromatic nitrogens is 2. The van der Waals surface area contributed by atoms with Gasteiger partial charge in [0.2, 0.25) is 0 Å². The van der Waals surface area contributed by atoms with Crippen molar-refractivity contribution < 1.29 is 4.42 Å². The molecule has 0 saturated heterocycles. The van der Waals surface area contributed by atoms with Crippen LogP contribution >= 0.6 is 11.3 Å². The Morgan fingerprint density at radius 2 is 1.11 bits per heavy atom. The van der Waals surface area contributed by atoms with E-state index < -0.39 is 0 Å². The molecule has 4 aromatic heterocycles. The molecule has 11 aromatic rings. The lowest BCUT2D eigenvalue weighted by Gasteiger charge is -2.10. The van der Waals surface area contributed by atoms with Crippen LogP contribution in [0.15, 0.2) is 150 Å². The first kappa shape index (κ1) is 24.5. The quantitative estimate of drug-likeness (QED) is 0.192. The van der Waals surface area contributed by atoms with Gasteiger partial charge in [0, 0.05) is 58.5 Å². The van der Waals surface area contributed by atoms with E-state index in [0.717, 1.165) is 38.5 Å². The zero-order valence-electron chi connectivity index (χ0n) is 24.6. The molecule has 0 bridgehead atoms. The van der Waals surface area contributed by atoms with Crippen LogP contribution < -0.4 is 0 Å². The summed E-state index contributed by atoms with van der Waals surface area (Å²) in [7, 11) is 0. The summed E-state index contributed by atoms with van der Waals surface area (Å²) in [5.74, 6) is 0. The van der Waals surface area contributed by atoms with E-state index in [1.54, 1.807) is 0 Å². The van der Waals surface area contributed by atoms with Gasteiger partial charge in [-0.15, -0.1) is 11.3 Å². The van der Waals surface area contributed by atoms with E-state index >= 15 is 0 Å². The molecule has 0 atom stereocenters. The van der Waals surface area contributed by atoms with E-state index in [2.05, 4.69) is 149 Å². The van der Waals surface area contributed by atoms with Gasteiger partial charge in [0.25, 0.3) is 0 Å². The number of para-hydroxylation sites is 3. The minimum atomic E-state index is 0.916. The lowest BCUT2D eigenvalue weighted by atomic mass is 10.1. The highest BCUT2D eigenvalue weighted by atomic mass is 32.1. The molecule has 214 valence electrons. The SMILES string of the molecule is c1ccc(-n2c3ccc4c5ccccc5oc4c3c3ccc4c(c5ccccc5n4-c4ccc5sc6ccccc6c5c4)c32)cc1. The van der Waals surface area contributed by atoms with Crippen LogP contribution in [0.1, 0.15) is 0 Å². The zero-order chi connectivity index (χ0) is 29.9. The molecule has 4 heteroatoms. The first-order valence-electron chi connectivity index (χ1n) is 15.6. The molecule has 0 saturated carbocycles. The van der Waals surface area contributed by atoms with Crippen LogP contribution in [-0.2, 0) is 0 Å². The molecule has 0 unspecified atom stereocenters. The lowest BCUT2D eigenvalue weighted by Crippen LogP contribution is -1.95. The standard InChI is InChI=1S/C42H24N2OS/c1-2-10-25(11-3-1)44-35-21-19-29-27-12-5-8-16-36(27)45-42(29)40(35)31-20-22-34-39(41(31)44)30-14-4-7-15-33(30)43(34)26-18-23-38-32(24-26)28-13-6-9-17-37(28)46-38/h1-24H. The molecule has 0 spiro atoms. The molecule has 7 aromatic carbocycles. The second-order valence-corrected chi connectivity index (χ2v) is 13.2. The average Bonchev–Trinajstić information content (AvgIpc) is 3.85. The van der Waals surface area contributed by atoms with Gasteiger partial charge in [-0.05, 0) is 72.8 Å². The highest BCUT2D eigenvalue weighted by molar-refractivity contribution is 7.25. The van der Waals surface area contributed by atoms with Crippen molar-refractivity contribution in [1.82, 2.24) is 9.13 Å². The fourth-order valence-corrected chi connectivity index (χ4v) is 8.88. The largest absolute Gasteiger partial charge is 0.455 e. The topological polar surface area (TPSA) is 23.0 Å². The first-order valence-corrected chi connectivity index (χ1v) is 16.4. The van der Waals surface area contributed by atoms with Crippen molar-refractivity contribution >= 4 is 97.1 Å². The maximum atomic E-state index is 6.65. The normalized spacial score (nSPS) is 12.3. The molecule has 0 radical (unpaired) electrons. The molecule has 0 amide bonds. The van der Waals surface area contributed by atoms with Gasteiger partial charge >= 0.3 is 0 Å². The van der Waals surface area contributed by atoms with Crippen LogP contribution in [0.5, 0.6) is 0 Å². The maximum Gasteiger partial charge on any atom is 0.145 e. The zero-order valence-corrected chi connectivity index (χ0v) is 25.4. The van der Waals surface area contributed by atoms with Crippen molar-refractivity contribution in [3.05, 3.63) is 146 Å². The molecule has 0 aliphatic rings. The van der Waals surface area contributed by atoms with E-state index in [0.29, 0.717) is 0 Å². The molecule has 46 heavy (non-hydrogen) atoms. The summed E-state index contributed by atoms with van der Waals surface area (Å²) >= 11 is 1.86. The number of hydrogen-bond donors (Lipinski definition) is 0. The summed E-state index contributed by atoms with van der Waals surface area (Å²) in [6.45, 7) is 0. The van der Waals surface area contributed by atoms with Crippen LogP contribution in [0.25, 0.3) is 97.1 Å². The van der Waals surface area contributed by atoms with Crippen molar-refractivity contribution in [3.63, 3.8) is 0 Å². The highest BCUT2D eigenvalue weighted by Crippen LogP contribution is 2.46. The fourth-order valence-electron chi connectivity index (χ4n) is 7.80. The Morgan fingerprint density at radius 1 is 0.413 bits per heavy atom. The van der Waals surface area contributed by atoms with Gasteiger partial charge in [-0.3, -0.25) is 0 Å². The van der Waals surface area contributed by atoms with Gasteiger partial charge in [0.1, 0.15) is 11.2 Å². The Hall–Kier alpha value is -5.84. The Kier molecular flexibility index (Phi) is 4.72. The minimum Gasteiger partial charge on any atom is -0.455 e. The van der Waals surface area contributed by atoms with Gasteiger partial charge in [-0.2, -0.15) is 0 Å². The Morgan fingerprint density at radius 3 is 2.00 bits per heavy atom. The van der Waals surface area contributed by atoms with Gasteiger partial charge in [0.15, 0.2) is 0 Å². The van der Waals surface area contributed by atoms with Crippen LogP contribution in [0.4, 0.5) is 0 Å². The molecule has 0 N–H and O–H groups in total. The number of furan rings is 1. The monoisotopic (exact) mass is 604 g/mol. The molecule has 0 aliphatic heterocycles. The summed E-state index contributed by atoms with van der Waals surface area (Å²) < 4.78 is 14.2. The van der Waals surface area contributed by atoms with Gasteiger partial charge in [0.05, 0.1) is 27.5 Å². The summed E-state index contributed by atoms with van der Waals surface area (Å²) in [6.07, 6.45) is 0. The second kappa shape index (κ2) is 8.87. The highest BCUT2D eigenvalue weighted by Gasteiger charge is 2.23. The van der Waals surface area contributed by atoms with Gasteiger partial charge < -0.3 is 13.6 Å². The number of benzene rings is 7. The van der Waals surface area contributed by atoms with Crippen LogP contribution in [0, 0.1) is 0 Å². The Bertz CT molecular complexity index is 3030. The van der Waals surface area contributed by atoms with Crippen molar-refractivity contribution in [1.29, 1.82) is 0 Å². The molecule has 4 heterocycles. The molecular formula is C42H24N2OS. The molecule has 0 aliphatic carbocycles. The van der Waals surface area contributed by atoms with Crippen LogP contribution in [0.2, 0.25) is 0 Å². The predicted octanol–water partition coefficient (Wildman–Crippen LogP) is 12.1. The number of nitrogens with zero attached hydrogens (tertiary/aromatic N) is 2. The second-order valence-electron chi connectivity index (χ2n) is 12.1. The van der Waals surface area contributed by atoms with E-state index in [4.69, 9.17) is 4.42 Å². The third-order valence-corrected chi connectivity index (χ3v) is 10.9. The Labute approximate surface area is 266 Å². The van der Waals surface area contributed by atoms with Crippen molar-refractivity contribution in [2.75, 3.05) is 0 Å². The number of fused-ring (bicyclic) bond motifs is 14. The van der Waals surface area contributed by atoms with E-state index in [1.165, 1.54) is 58.6 Å². The minimum absolute atomic E-state index is 0.916. The number of hydrogen-bond acceptors (Lipinski definition) is 2. The number of thiophene rings is 1. The molecule has 11 rings (SSSR count). The first-order chi connectivity index (χ1) is 22.8. The van der Waals surface area contributed by atoms with E-state index in [9.17, 15) is 0 Å². The third kappa shape index (κ3) is 3.11. The van der Waals surface area contributed by atoms with Crippen molar-refractivity contribution in [2.24, 2.45) is 0 Å². The van der Waals surface area contributed by atoms with Crippen LogP contribution in [-0.4, -0.2) is 9.13 Å². The molecular weight excluding hydrogens is 581 g/mol. The summed E-state index contributed by atoms with van der Waals surface area (Å²) in [6, 6.07) is 52.7. The van der Waals surface area contributed by atoms with Crippen molar-refractivity contribution in [3.8, 4) is 11.4 Å². The van der Waals surface area contributed by atoms with E-state index in [1.807, 2.05) is 17.4 Å². The van der Waals surface area contributed by atoms with Gasteiger partial charge in [-0.1, -0.05) is 72.8 Å². The smallest absolute Gasteiger partial charge is 0.145 e. The van der Waals surface area contributed by atoms with Crippen molar-refractivity contribution in [2.45, 2.75) is 0 Å². The lowest BCUT2D eigenvalue weighted by molar-refractivity contribution is 0.673. The average molecular weight is 605 g/mol. The predicted molar refractivity (Wildman–Crippen MR) is 195 cm³/mol. The summed E-state index contributed by atoms with van der Waals surface area (Å²) in [5, 5.41) is 9.73.